The molecular weight excluding hydrogens is 368 g/mol. The number of carbonyl (C=O) groups excluding carboxylic acids is 1. The number of amides is 1. The third-order valence-electron chi connectivity index (χ3n) is 2.26. The molecule has 0 radical (unpaired) electrons. The maximum Gasteiger partial charge on any atom is 0.257 e. The van der Waals surface area contributed by atoms with Gasteiger partial charge in [0, 0.05) is 9.26 Å². The first kappa shape index (κ1) is 13.3. The molecule has 18 heavy (non-hydrogen) atoms. The van der Waals surface area contributed by atoms with Gasteiger partial charge in [0.15, 0.2) is 0 Å². The van der Waals surface area contributed by atoms with E-state index < -0.39 is 5.82 Å². The van der Waals surface area contributed by atoms with Gasteiger partial charge >= 0.3 is 0 Å². The van der Waals surface area contributed by atoms with Gasteiger partial charge in [-0.2, -0.15) is 0 Å². The van der Waals surface area contributed by atoms with Crippen LogP contribution in [0.4, 0.5) is 10.1 Å². The number of benzene rings is 2. The zero-order valence-electron chi connectivity index (χ0n) is 9.08. The van der Waals surface area contributed by atoms with Crippen LogP contribution in [0.5, 0.6) is 0 Å². The van der Waals surface area contributed by atoms with Gasteiger partial charge in [0.05, 0.1) is 10.6 Å². The van der Waals surface area contributed by atoms with E-state index in [1.54, 1.807) is 6.07 Å². The average Bonchev–Trinajstić information content (AvgIpc) is 2.28. The summed E-state index contributed by atoms with van der Waals surface area (Å²) in [7, 11) is 0. The fourth-order valence-corrected chi connectivity index (χ4v) is 2.23. The van der Waals surface area contributed by atoms with Crippen molar-refractivity contribution in [2.24, 2.45) is 0 Å². The fourth-order valence-electron chi connectivity index (χ4n) is 1.44. The molecule has 0 bridgehead atoms. The summed E-state index contributed by atoms with van der Waals surface area (Å²) in [5.74, 6) is -0.826. The summed E-state index contributed by atoms with van der Waals surface area (Å²) in [6.07, 6.45) is 0. The Morgan fingerprint density at radius 3 is 2.67 bits per heavy atom. The van der Waals surface area contributed by atoms with E-state index in [1.807, 2.05) is 18.2 Å². The normalized spacial score (nSPS) is 10.2. The summed E-state index contributed by atoms with van der Waals surface area (Å²) in [4.78, 5) is 11.9. The monoisotopic (exact) mass is 375 g/mol. The highest BCUT2D eigenvalue weighted by Gasteiger charge is 2.11. The molecule has 0 spiro atoms. The van der Waals surface area contributed by atoms with Gasteiger partial charge in [-0.25, -0.2) is 4.39 Å². The van der Waals surface area contributed by atoms with Crippen LogP contribution in [-0.4, -0.2) is 5.91 Å². The number of rotatable bonds is 2. The summed E-state index contributed by atoms with van der Waals surface area (Å²) in [6.45, 7) is 0. The number of nitrogens with one attached hydrogen (secondary N) is 1. The summed E-state index contributed by atoms with van der Waals surface area (Å²) in [6, 6.07) is 11.0. The lowest BCUT2D eigenvalue weighted by atomic mass is 10.2. The molecule has 0 fully saturated rings. The van der Waals surface area contributed by atoms with Gasteiger partial charge in [-0.05, 0) is 59.0 Å². The number of halogens is 3. The second-order valence-corrected chi connectivity index (χ2v) is 5.24. The van der Waals surface area contributed by atoms with Gasteiger partial charge in [0.25, 0.3) is 5.91 Å². The topological polar surface area (TPSA) is 29.1 Å². The Hall–Kier alpha value is -1.14. The SMILES string of the molecule is O=C(Nc1cccc(I)c1)c1ccc(F)cc1Cl. The predicted molar refractivity (Wildman–Crippen MR) is 78.5 cm³/mol. The highest BCUT2D eigenvalue weighted by atomic mass is 127. The minimum atomic E-state index is -0.467. The maximum absolute atomic E-state index is 12.9. The minimum Gasteiger partial charge on any atom is -0.322 e. The van der Waals surface area contributed by atoms with Crippen molar-refractivity contribution in [1.29, 1.82) is 0 Å². The number of anilines is 1. The maximum atomic E-state index is 12.9. The average molecular weight is 376 g/mol. The van der Waals surface area contributed by atoms with Crippen LogP contribution >= 0.6 is 34.2 Å². The van der Waals surface area contributed by atoms with Gasteiger partial charge in [0.2, 0.25) is 0 Å². The molecular formula is C13H8ClFINO. The highest BCUT2D eigenvalue weighted by Crippen LogP contribution is 2.19. The van der Waals surface area contributed by atoms with E-state index in [0.717, 1.165) is 9.64 Å². The van der Waals surface area contributed by atoms with Crippen LogP contribution in [0.2, 0.25) is 5.02 Å². The van der Waals surface area contributed by atoms with Crippen LogP contribution in [0, 0.1) is 9.39 Å². The van der Waals surface area contributed by atoms with Crippen LogP contribution in [0.25, 0.3) is 0 Å². The van der Waals surface area contributed by atoms with Gasteiger partial charge in [-0.3, -0.25) is 4.79 Å². The Labute approximate surface area is 122 Å². The van der Waals surface area contributed by atoms with Crippen molar-refractivity contribution in [2.75, 3.05) is 5.32 Å². The highest BCUT2D eigenvalue weighted by molar-refractivity contribution is 14.1. The van der Waals surface area contributed by atoms with E-state index in [-0.39, 0.29) is 16.5 Å². The Morgan fingerprint density at radius 2 is 2.00 bits per heavy atom. The second-order valence-electron chi connectivity index (χ2n) is 3.59. The Morgan fingerprint density at radius 1 is 1.22 bits per heavy atom. The molecule has 0 heterocycles. The third-order valence-corrected chi connectivity index (χ3v) is 3.24. The van der Waals surface area contributed by atoms with E-state index in [0.29, 0.717) is 5.69 Å². The second kappa shape index (κ2) is 5.67. The summed E-state index contributed by atoms with van der Waals surface area (Å²) in [5, 5.41) is 2.80. The molecule has 2 aromatic carbocycles. The smallest absolute Gasteiger partial charge is 0.257 e. The first-order valence-electron chi connectivity index (χ1n) is 5.08. The Kier molecular flexibility index (Phi) is 4.19. The number of hydrogen-bond acceptors (Lipinski definition) is 1. The van der Waals surface area contributed by atoms with Crippen molar-refractivity contribution in [2.45, 2.75) is 0 Å². The molecule has 1 N–H and O–H groups in total. The molecule has 5 heteroatoms. The number of hydrogen-bond donors (Lipinski definition) is 1. The van der Waals surface area contributed by atoms with Crippen LogP contribution in [0.1, 0.15) is 10.4 Å². The molecule has 0 aliphatic carbocycles. The molecule has 2 rings (SSSR count). The van der Waals surface area contributed by atoms with E-state index in [1.165, 1.54) is 12.1 Å². The molecule has 0 aliphatic heterocycles. The lowest BCUT2D eigenvalue weighted by molar-refractivity contribution is 0.102. The molecule has 0 atom stereocenters. The molecule has 0 saturated carbocycles. The van der Waals surface area contributed by atoms with Crippen molar-refractivity contribution < 1.29 is 9.18 Å². The third kappa shape index (κ3) is 3.20. The fraction of sp³-hybridized carbons (Fsp3) is 0. The van der Waals surface area contributed by atoms with Gasteiger partial charge in [0.1, 0.15) is 5.82 Å². The Bertz CT molecular complexity index is 603. The standard InChI is InChI=1S/C13H8ClFINO/c14-12-6-8(15)4-5-11(12)13(18)17-10-3-1-2-9(16)7-10/h1-7H,(H,17,18). The minimum absolute atomic E-state index is 0.0955. The first-order valence-corrected chi connectivity index (χ1v) is 6.54. The van der Waals surface area contributed by atoms with Crippen molar-refractivity contribution in [3.8, 4) is 0 Å². The lowest BCUT2D eigenvalue weighted by Crippen LogP contribution is -2.12. The number of carbonyl (C=O) groups is 1. The van der Waals surface area contributed by atoms with E-state index in [9.17, 15) is 9.18 Å². The van der Waals surface area contributed by atoms with Gasteiger partial charge in [-0.1, -0.05) is 17.7 Å². The van der Waals surface area contributed by atoms with Crippen molar-refractivity contribution in [3.05, 3.63) is 62.4 Å². The van der Waals surface area contributed by atoms with Gasteiger partial charge in [-0.15, -0.1) is 0 Å². The summed E-state index contributed by atoms with van der Waals surface area (Å²) >= 11 is 7.97. The predicted octanol–water partition coefficient (Wildman–Crippen LogP) is 4.34. The van der Waals surface area contributed by atoms with Crippen LogP contribution in [-0.2, 0) is 0 Å². The van der Waals surface area contributed by atoms with E-state index in [4.69, 9.17) is 11.6 Å². The molecule has 1 amide bonds. The van der Waals surface area contributed by atoms with Gasteiger partial charge < -0.3 is 5.32 Å². The van der Waals surface area contributed by atoms with Crippen LogP contribution in [0.3, 0.4) is 0 Å². The van der Waals surface area contributed by atoms with E-state index >= 15 is 0 Å². The zero-order valence-corrected chi connectivity index (χ0v) is 12.0. The quantitative estimate of drug-likeness (QED) is 0.778. The summed E-state index contributed by atoms with van der Waals surface area (Å²) < 4.78 is 13.9. The molecule has 0 unspecified atom stereocenters. The molecule has 92 valence electrons. The lowest BCUT2D eigenvalue weighted by Gasteiger charge is -2.07. The molecule has 2 nitrogen and oxygen atoms in total. The molecule has 0 saturated heterocycles. The first-order chi connectivity index (χ1) is 8.56. The molecule has 0 aliphatic rings. The summed E-state index contributed by atoms with van der Waals surface area (Å²) in [5.41, 5.74) is 0.921. The van der Waals surface area contributed by atoms with E-state index in [2.05, 4.69) is 27.9 Å². The zero-order chi connectivity index (χ0) is 13.1. The van der Waals surface area contributed by atoms with Crippen molar-refractivity contribution in [3.63, 3.8) is 0 Å². The van der Waals surface area contributed by atoms with Crippen molar-refractivity contribution in [1.82, 2.24) is 0 Å². The molecule has 2 aromatic rings. The van der Waals surface area contributed by atoms with Crippen molar-refractivity contribution >= 4 is 45.8 Å². The van der Waals surface area contributed by atoms with Crippen LogP contribution < -0.4 is 5.32 Å². The van der Waals surface area contributed by atoms with Crippen LogP contribution in [0.15, 0.2) is 42.5 Å². The molecule has 0 aromatic heterocycles. The largest absolute Gasteiger partial charge is 0.322 e. The Balaban J connectivity index is 2.22.